The molecule has 1 aliphatic rings. The number of aryl methyl sites for hydroxylation is 1. The first-order valence-electron chi connectivity index (χ1n) is 7.44. The van der Waals surface area contributed by atoms with Crippen LogP contribution in [0.3, 0.4) is 0 Å². The van der Waals surface area contributed by atoms with Crippen LogP contribution in [0.4, 0.5) is 4.39 Å². The molecular formula is C18H17FN2O2. The number of nitrogens with zero attached hydrogens (tertiary/aromatic N) is 2. The Balaban J connectivity index is 2.12. The molecule has 0 amide bonds. The van der Waals surface area contributed by atoms with E-state index in [1.165, 1.54) is 6.07 Å². The largest absolute Gasteiger partial charge is 0.480 e. The van der Waals surface area contributed by atoms with Crippen LogP contribution in [-0.4, -0.2) is 21.0 Å². The van der Waals surface area contributed by atoms with Crippen molar-refractivity contribution < 1.29 is 14.3 Å². The van der Waals surface area contributed by atoms with E-state index in [-0.39, 0.29) is 5.82 Å². The number of benzene rings is 1. The summed E-state index contributed by atoms with van der Waals surface area (Å²) in [7, 11) is 0. The van der Waals surface area contributed by atoms with Gasteiger partial charge in [-0.05, 0) is 49.5 Å². The molecular weight excluding hydrogens is 295 g/mol. The van der Waals surface area contributed by atoms with E-state index >= 15 is 0 Å². The summed E-state index contributed by atoms with van der Waals surface area (Å²) < 4.78 is 13.9. The van der Waals surface area contributed by atoms with Crippen molar-refractivity contribution in [2.75, 3.05) is 0 Å². The Kier molecular flexibility index (Phi) is 3.72. The number of carboxylic acid groups (broad SMARTS) is 1. The summed E-state index contributed by atoms with van der Waals surface area (Å²) in [4.78, 5) is 20.3. The number of carboxylic acids is 1. The van der Waals surface area contributed by atoms with Gasteiger partial charge in [0.05, 0.1) is 0 Å². The lowest BCUT2D eigenvalue weighted by atomic mass is 9.78. The second kappa shape index (κ2) is 5.57. The third-order valence-corrected chi connectivity index (χ3v) is 4.49. The number of allylic oxidation sites excluding steroid dienone is 1. The Labute approximate surface area is 133 Å². The lowest BCUT2D eigenvalue weighted by Crippen LogP contribution is -2.32. The average molecular weight is 312 g/mol. The quantitative estimate of drug-likeness (QED) is 0.943. The van der Waals surface area contributed by atoms with Gasteiger partial charge in [-0.25, -0.2) is 14.4 Å². The first-order chi connectivity index (χ1) is 10.9. The molecule has 1 aromatic heterocycles. The highest BCUT2D eigenvalue weighted by molar-refractivity contribution is 5.90. The molecule has 4 nitrogen and oxygen atoms in total. The molecule has 1 aliphatic carbocycles. The summed E-state index contributed by atoms with van der Waals surface area (Å²) in [6.07, 6.45) is 6.12. The first kappa shape index (κ1) is 15.3. The summed E-state index contributed by atoms with van der Waals surface area (Å²) in [6, 6.07) is 4.60. The zero-order valence-corrected chi connectivity index (χ0v) is 13.0. The highest BCUT2D eigenvalue weighted by atomic mass is 19.1. The third kappa shape index (κ3) is 2.52. The van der Waals surface area contributed by atoms with Crippen LogP contribution in [0.2, 0.25) is 0 Å². The maximum atomic E-state index is 13.9. The Morgan fingerprint density at radius 2 is 1.96 bits per heavy atom. The van der Waals surface area contributed by atoms with Crippen LogP contribution in [0.1, 0.15) is 35.4 Å². The fourth-order valence-corrected chi connectivity index (χ4v) is 3.15. The Hall–Kier alpha value is -2.56. The highest BCUT2D eigenvalue weighted by Crippen LogP contribution is 2.44. The van der Waals surface area contributed by atoms with Gasteiger partial charge in [0.25, 0.3) is 0 Å². The minimum absolute atomic E-state index is 0.382. The second-order valence-corrected chi connectivity index (χ2v) is 5.88. The van der Waals surface area contributed by atoms with Gasteiger partial charge in [-0.15, -0.1) is 0 Å². The standard InChI is InChI=1S/C18H17FN2O2/c1-11-15(4-3-5-16(11)19)18(17(22)23)7-6-13(8-18)14-9-20-12(2)21-10-14/h3-5,8-10H,6-7H2,1-2H3,(H,22,23)/t18-/m1/s1. The molecule has 118 valence electrons. The van der Waals surface area contributed by atoms with Gasteiger partial charge in [0, 0.05) is 18.0 Å². The molecule has 1 heterocycles. The van der Waals surface area contributed by atoms with E-state index in [4.69, 9.17) is 0 Å². The molecule has 23 heavy (non-hydrogen) atoms. The van der Waals surface area contributed by atoms with E-state index in [1.54, 1.807) is 44.4 Å². The van der Waals surface area contributed by atoms with Crippen molar-refractivity contribution in [3.63, 3.8) is 0 Å². The van der Waals surface area contributed by atoms with Crippen molar-refractivity contribution in [2.45, 2.75) is 32.1 Å². The fourth-order valence-electron chi connectivity index (χ4n) is 3.15. The third-order valence-electron chi connectivity index (χ3n) is 4.49. The number of halogens is 1. The minimum atomic E-state index is -1.20. The molecule has 3 rings (SSSR count). The molecule has 0 fully saturated rings. The highest BCUT2D eigenvalue weighted by Gasteiger charge is 2.43. The van der Waals surface area contributed by atoms with Crippen molar-refractivity contribution in [3.05, 3.63) is 65.0 Å². The molecule has 5 heteroatoms. The molecule has 0 saturated carbocycles. The van der Waals surface area contributed by atoms with Gasteiger partial charge in [0.2, 0.25) is 0 Å². The van der Waals surface area contributed by atoms with Crippen LogP contribution < -0.4 is 0 Å². The predicted molar refractivity (Wildman–Crippen MR) is 84.4 cm³/mol. The normalized spacial score (nSPS) is 20.4. The van der Waals surface area contributed by atoms with Gasteiger partial charge in [-0.3, -0.25) is 4.79 Å². The van der Waals surface area contributed by atoms with Gasteiger partial charge < -0.3 is 5.11 Å². The van der Waals surface area contributed by atoms with Crippen LogP contribution in [0.5, 0.6) is 0 Å². The second-order valence-electron chi connectivity index (χ2n) is 5.88. The number of rotatable bonds is 3. The van der Waals surface area contributed by atoms with Crippen LogP contribution in [0.15, 0.2) is 36.7 Å². The van der Waals surface area contributed by atoms with Crippen molar-refractivity contribution in [1.29, 1.82) is 0 Å². The van der Waals surface area contributed by atoms with Crippen molar-refractivity contribution in [1.82, 2.24) is 9.97 Å². The van der Waals surface area contributed by atoms with E-state index in [2.05, 4.69) is 9.97 Å². The SMILES string of the molecule is Cc1ncc(C2=C[C@@](C(=O)O)(c3cccc(F)c3C)CC2)cn1. The van der Waals surface area contributed by atoms with Gasteiger partial charge in [0.15, 0.2) is 0 Å². The maximum absolute atomic E-state index is 13.9. The molecule has 0 spiro atoms. The smallest absolute Gasteiger partial charge is 0.318 e. The molecule has 1 atom stereocenters. The minimum Gasteiger partial charge on any atom is -0.480 e. The van der Waals surface area contributed by atoms with E-state index < -0.39 is 11.4 Å². The number of hydrogen-bond donors (Lipinski definition) is 1. The zero-order chi connectivity index (χ0) is 16.6. The number of aliphatic carboxylic acids is 1. The molecule has 1 N–H and O–H groups in total. The maximum Gasteiger partial charge on any atom is 0.318 e. The van der Waals surface area contributed by atoms with Crippen molar-refractivity contribution in [2.24, 2.45) is 0 Å². The molecule has 0 radical (unpaired) electrons. The number of carbonyl (C=O) groups is 1. The van der Waals surface area contributed by atoms with Gasteiger partial charge in [0.1, 0.15) is 17.1 Å². The van der Waals surface area contributed by atoms with Gasteiger partial charge in [-0.1, -0.05) is 18.2 Å². The molecule has 0 saturated heterocycles. The fraction of sp³-hybridized carbons (Fsp3) is 0.278. The molecule has 0 aliphatic heterocycles. The summed E-state index contributed by atoms with van der Waals surface area (Å²) >= 11 is 0. The zero-order valence-electron chi connectivity index (χ0n) is 13.0. The Morgan fingerprint density at radius 3 is 2.61 bits per heavy atom. The Morgan fingerprint density at radius 1 is 1.26 bits per heavy atom. The van der Waals surface area contributed by atoms with Gasteiger partial charge >= 0.3 is 5.97 Å². The van der Waals surface area contributed by atoms with E-state index in [1.807, 2.05) is 0 Å². The average Bonchev–Trinajstić information content (AvgIpc) is 2.97. The van der Waals surface area contributed by atoms with E-state index in [0.717, 1.165) is 11.1 Å². The number of hydrogen-bond acceptors (Lipinski definition) is 3. The first-order valence-corrected chi connectivity index (χ1v) is 7.44. The van der Waals surface area contributed by atoms with E-state index in [0.29, 0.717) is 29.8 Å². The van der Waals surface area contributed by atoms with Crippen molar-refractivity contribution in [3.8, 4) is 0 Å². The molecule has 0 unspecified atom stereocenters. The van der Waals surface area contributed by atoms with Crippen LogP contribution in [-0.2, 0) is 10.2 Å². The summed E-state index contributed by atoms with van der Waals surface area (Å²) in [5.41, 5.74) is 1.39. The number of aromatic nitrogens is 2. The summed E-state index contributed by atoms with van der Waals surface area (Å²) in [5.74, 6) is -0.685. The van der Waals surface area contributed by atoms with Crippen LogP contribution >= 0.6 is 0 Å². The Bertz CT molecular complexity index is 799. The lowest BCUT2D eigenvalue weighted by molar-refractivity contribution is -0.141. The summed E-state index contributed by atoms with van der Waals surface area (Å²) in [6.45, 7) is 3.42. The molecule has 0 bridgehead atoms. The van der Waals surface area contributed by atoms with Crippen LogP contribution in [0.25, 0.3) is 5.57 Å². The predicted octanol–water partition coefficient (Wildman–Crippen LogP) is 3.43. The monoisotopic (exact) mass is 312 g/mol. The van der Waals surface area contributed by atoms with Crippen LogP contribution in [0, 0.1) is 19.7 Å². The van der Waals surface area contributed by atoms with E-state index in [9.17, 15) is 14.3 Å². The van der Waals surface area contributed by atoms with Gasteiger partial charge in [-0.2, -0.15) is 0 Å². The molecule has 1 aromatic carbocycles. The van der Waals surface area contributed by atoms with Crippen molar-refractivity contribution >= 4 is 11.5 Å². The lowest BCUT2D eigenvalue weighted by Gasteiger charge is -2.24. The topological polar surface area (TPSA) is 63.1 Å². The molecule has 2 aromatic rings. The summed E-state index contributed by atoms with van der Waals surface area (Å²) in [5, 5.41) is 9.84.